The molecule has 1 unspecified atom stereocenters. The molecule has 1 heterocycles. The maximum absolute atomic E-state index is 12.1. The van der Waals surface area contributed by atoms with Crippen LogP contribution in [-0.4, -0.2) is 38.8 Å². The topological polar surface area (TPSA) is 63.7 Å². The predicted molar refractivity (Wildman–Crippen MR) is 70.8 cm³/mol. The Hall–Kier alpha value is -1.40. The molecule has 0 saturated carbocycles. The fraction of sp³-hybridized carbons (Fsp3) is 0.462. The molecule has 6 heteroatoms. The molecule has 5 nitrogen and oxygen atoms in total. The second-order valence-corrected chi connectivity index (χ2v) is 6.37. The molecular weight excluding hydrogens is 266 g/mol. The smallest absolute Gasteiger partial charge is 0.266 e. The van der Waals surface area contributed by atoms with Crippen molar-refractivity contribution in [2.24, 2.45) is 5.92 Å². The van der Waals surface area contributed by atoms with E-state index >= 15 is 0 Å². The van der Waals surface area contributed by atoms with Gasteiger partial charge in [-0.15, -0.1) is 0 Å². The number of benzene rings is 1. The second-order valence-electron chi connectivity index (χ2n) is 4.73. The highest BCUT2D eigenvalue weighted by Crippen LogP contribution is 2.22. The molecule has 0 bridgehead atoms. The number of hydrogen-bond acceptors (Lipinski definition) is 4. The lowest BCUT2D eigenvalue weighted by atomic mass is 9.98. The first-order valence-electron chi connectivity index (χ1n) is 6.13. The van der Waals surface area contributed by atoms with E-state index in [1.54, 1.807) is 0 Å². The summed E-state index contributed by atoms with van der Waals surface area (Å²) >= 11 is 0. The van der Waals surface area contributed by atoms with E-state index in [0.717, 1.165) is 18.2 Å². The quantitative estimate of drug-likeness (QED) is 0.757. The molecule has 104 valence electrons. The van der Waals surface area contributed by atoms with Crippen LogP contribution in [0.25, 0.3) is 0 Å². The van der Waals surface area contributed by atoms with Gasteiger partial charge in [0.15, 0.2) is 0 Å². The molecule has 2 rings (SSSR count). The van der Waals surface area contributed by atoms with Crippen LogP contribution >= 0.6 is 0 Å². The highest BCUT2D eigenvalue weighted by Gasteiger charge is 2.32. The first-order valence-corrected chi connectivity index (χ1v) is 7.94. The summed E-state index contributed by atoms with van der Waals surface area (Å²) in [6, 6.07) is 9.80. The van der Waals surface area contributed by atoms with Crippen molar-refractivity contribution < 1.29 is 17.4 Å². The maximum atomic E-state index is 12.1. The lowest BCUT2D eigenvalue weighted by Crippen LogP contribution is -2.31. The van der Waals surface area contributed by atoms with Crippen molar-refractivity contribution in [2.45, 2.75) is 12.8 Å². The number of carbonyl (C=O) groups excluding carboxylic acids is 1. The molecule has 1 saturated heterocycles. The van der Waals surface area contributed by atoms with E-state index in [-0.39, 0.29) is 18.6 Å². The molecular formula is C13H17NO4S. The van der Waals surface area contributed by atoms with E-state index < -0.39 is 10.1 Å². The molecule has 19 heavy (non-hydrogen) atoms. The SMILES string of the molecule is CS(=O)(=O)OCN1CCC(Cc2ccccc2)C1=O. The summed E-state index contributed by atoms with van der Waals surface area (Å²) in [5.74, 6) is -0.113. The van der Waals surface area contributed by atoms with Crippen molar-refractivity contribution in [3.8, 4) is 0 Å². The number of nitrogens with zero attached hydrogens (tertiary/aromatic N) is 1. The van der Waals surface area contributed by atoms with Crippen LogP contribution in [0.4, 0.5) is 0 Å². The van der Waals surface area contributed by atoms with Crippen LogP contribution in [0, 0.1) is 5.92 Å². The first kappa shape index (κ1) is 14.0. The Morgan fingerprint density at radius 2 is 2.00 bits per heavy atom. The molecule has 1 amide bonds. The van der Waals surface area contributed by atoms with Gasteiger partial charge in [-0.3, -0.25) is 4.79 Å². The minimum absolute atomic E-state index is 0.0347. The van der Waals surface area contributed by atoms with E-state index in [0.29, 0.717) is 13.0 Å². The lowest BCUT2D eigenvalue weighted by molar-refractivity contribution is -0.133. The van der Waals surface area contributed by atoms with Crippen LogP contribution in [0.2, 0.25) is 0 Å². The van der Waals surface area contributed by atoms with Gasteiger partial charge in [0.25, 0.3) is 10.1 Å². The number of hydrogen-bond donors (Lipinski definition) is 0. The van der Waals surface area contributed by atoms with E-state index in [4.69, 9.17) is 0 Å². The van der Waals surface area contributed by atoms with Crippen LogP contribution in [0.15, 0.2) is 30.3 Å². The Bertz CT molecular complexity index is 541. The molecule has 0 spiro atoms. The van der Waals surface area contributed by atoms with E-state index in [2.05, 4.69) is 4.18 Å². The normalized spacial score (nSPS) is 19.9. The van der Waals surface area contributed by atoms with Gasteiger partial charge in [-0.2, -0.15) is 8.42 Å². The van der Waals surface area contributed by atoms with Gasteiger partial charge in [-0.1, -0.05) is 30.3 Å². The maximum Gasteiger partial charge on any atom is 0.266 e. The van der Waals surface area contributed by atoms with Gasteiger partial charge in [0, 0.05) is 12.5 Å². The fourth-order valence-electron chi connectivity index (χ4n) is 2.18. The first-order chi connectivity index (χ1) is 8.96. The zero-order valence-electron chi connectivity index (χ0n) is 10.8. The fourth-order valence-corrected chi connectivity index (χ4v) is 2.50. The number of amides is 1. The van der Waals surface area contributed by atoms with Crippen LogP contribution < -0.4 is 0 Å². The molecule has 0 aromatic heterocycles. The van der Waals surface area contributed by atoms with Crippen molar-refractivity contribution in [3.05, 3.63) is 35.9 Å². The summed E-state index contributed by atoms with van der Waals surface area (Å²) in [7, 11) is -3.51. The number of likely N-dealkylation sites (tertiary alicyclic amines) is 1. The summed E-state index contributed by atoms with van der Waals surface area (Å²) in [5, 5.41) is 0. The highest BCUT2D eigenvalue weighted by molar-refractivity contribution is 7.85. The number of rotatable bonds is 5. The Morgan fingerprint density at radius 3 is 2.63 bits per heavy atom. The Labute approximate surface area is 113 Å². The Kier molecular flexibility index (Phi) is 4.21. The van der Waals surface area contributed by atoms with Gasteiger partial charge < -0.3 is 4.90 Å². The summed E-state index contributed by atoms with van der Waals surface area (Å²) < 4.78 is 26.5. The van der Waals surface area contributed by atoms with Crippen LogP contribution in [0.5, 0.6) is 0 Å². The molecule has 1 aromatic carbocycles. The zero-order valence-corrected chi connectivity index (χ0v) is 11.6. The third kappa shape index (κ3) is 4.04. The molecule has 0 radical (unpaired) electrons. The van der Waals surface area contributed by atoms with Crippen LogP contribution in [-0.2, 0) is 25.5 Å². The summed E-state index contributed by atoms with van der Waals surface area (Å²) in [4.78, 5) is 13.5. The molecule has 0 aliphatic carbocycles. The second kappa shape index (κ2) is 5.71. The van der Waals surface area contributed by atoms with Gasteiger partial charge in [-0.25, -0.2) is 4.18 Å². The van der Waals surface area contributed by atoms with Gasteiger partial charge >= 0.3 is 0 Å². The molecule has 1 aliphatic rings. The van der Waals surface area contributed by atoms with Crippen molar-refractivity contribution in [1.29, 1.82) is 0 Å². The third-order valence-electron chi connectivity index (χ3n) is 3.16. The summed E-state index contributed by atoms with van der Waals surface area (Å²) in [6.07, 6.45) is 2.41. The third-order valence-corrected chi connectivity index (χ3v) is 3.69. The molecule has 1 fully saturated rings. The molecule has 1 aromatic rings. The average Bonchev–Trinajstić information content (AvgIpc) is 2.69. The zero-order chi connectivity index (χ0) is 13.9. The van der Waals surface area contributed by atoms with E-state index in [9.17, 15) is 13.2 Å². The van der Waals surface area contributed by atoms with Gasteiger partial charge in [-0.05, 0) is 18.4 Å². The van der Waals surface area contributed by atoms with E-state index in [1.165, 1.54) is 4.90 Å². The predicted octanol–water partition coefficient (Wildman–Crippen LogP) is 1.01. The average molecular weight is 283 g/mol. The Morgan fingerprint density at radius 1 is 1.32 bits per heavy atom. The highest BCUT2D eigenvalue weighted by atomic mass is 32.2. The summed E-state index contributed by atoms with van der Waals surface area (Å²) in [5.41, 5.74) is 1.12. The molecule has 1 aliphatic heterocycles. The van der Waals surface area contributed by atoms with Crippen molar-refractivity contribution in [3.63, 3.8) is 0 Å². The minimum atomic E-state index is -3.51. The molecule has 0 N–H and O–H groups in total. The van der Waals surface area contributed by atoms with E-state index in [1.807, 2.05) is 30.3 Å². The van der Waals surface area contributed by atoms with Crippen molar-refractivity contribution in [2.75, 3.05) is 19.5 Å². The van der Waals surface area contributed by atoms with Crippen molar-refractivity contribution >= 4 is 16.0 Å². The monoisotopic (exact) mass is 283 g/mol. The van der Waals surface area contributed by atoms with Crippen LogP contribution in [0.1, 0.15) is 12.0 Å². The van der Waals surface area contributed by atoms with Gasteiger partial charge in [0.2, 0.25) is 5.91 Å². The van der Waals surface area contributed by atoms with Crippen LogP contribution in [0.3, 0.4) is 0 Å². The standard InChI is InChI=1S/C13H17NO4S/c1-19(16,17)18-10-14-8-7-12(13(14)15)9-11-5-3-2-4-6-11/h2-6,12H,7-10H2,1H3. The van der Waals surface area contributed by atoms with Gasteiger partial charge in [0.05, 0.1) is 6.26 Å². The lowest BCUT2D eigenvalue weighted by Gasteiger charge is -2.15. The summed E-state index contributed by atoms with van der Waals surface area (Å²) in [6.45, 7) is 0.370. The Balaban J connectivity index is 1.91. The molecule has 1 atom stereocenters. The number of carbonyl (C=O) groups is 1. The minimum Gasteiger partial charge on any atom is -0.318 e. The largest absolute Gasteiger partial charge is 0.318 e. The van der Waals surface area contributed by atoms with Crippen molar-refractivity contribution in [1.82, 2.24) is 4.90 Å². The van der Waals surface area contributed by atoms with Gasteiger partial charge in [0.1, 0.15) is 6.73 Å².